The molecule has 0 aromatic carbocycles. The van der Waals surface area contributed by atoms with E-state index in [-0.39, 0.29) is 5.92 Å². The zero-order valence-electron chi connectivity index (χ0n) is 6.16. The molecule has 0 heterocycles. The molecule has 2 atom stereocenters. The van der Waals surface area contributed by atoms with E-state index in [0.29, 0.717) is 12.2 Å². The van der Waals surface area contributed by atoms with Crippen LogP contribution in [-0.4, -0.2) is 27.3 Å². The molecule has 10 heavy (non-hydrogen) atoms. The molecule has 0 fully saturated rings. The standard InChI is InChI=1S/C6H12O3S/c1-5(6(7)8)3-4-10(2)9/h5H,3-4H2,1-2H3,(H,7,8). The van der Waals surface area contributed by atoms with Crippen LogP contribution < -0.4 is 0 Å². The molecule has 0 amide bonds. The Morgan fingerprint density at radius 1 is 1.70 bits per heavy atom. The quantitative estimate of drug-likeness (QED) is 0.657. The number of hydrogen-bond acceptors (Lipinski definition) is 2. The highest BCUT2D eigenvalue weighted by atomic mass is 32.2. The van der Waals surface area contributed by atoms with E-state index in [1.54, 1.807) is 13.2 Å². The number of hydrogen-bond donors (Lipinski definition) is 1. The lowest BCUT2D eigenvalue weighted by molar-refractivity contribution is -0.141. The van der Waals surface area contributed by atoms with Crippen LogP contribution in [0.3, 0.4) is 0 Å². The van der Waals surface area contributed by atoms with Crippen molar-refractivity contribution in [3.8, 4) is 0 Å². The second-order valence-corrected chi connectivity index (χ2v) is 3.86. The molecule has 0 rings (SSSR count). The van der Waals surface area contributed by atoms with E-state index in [2.05, 4.69) is 0 Å². The van der Waals surface area contributed by atoms with Crippen molar-refractivity contribution in [2.45, 2.75) is 13.3 Å². The molecule has 3 nitrogen and oxygen atoms in total. The average molecular weight is 164 g/mol. The second kappa shape index (κ2) is 4.44. The van der Waals surface area contributed by atoms with Crippen LogP contribution in [-0.2, 0) is 15.6 Å². The minimum Gasteiger partial charge on any atom is -0.481 e. The summed E-state index contributed by atoms with van der Waals surface area (Å²) in [6.07, 6.45) is 2.08. The van der Waals surface area contributed by atoms with Crippen molar-refractivity contribution in [2.24, 2.45) is 5.92 Å². The lowest BCUT2D eigenvalue weighted by atomic mass is 10.1. The summed E-state index contributed by atoms with van der Waals surface area (Å²) in [5.74, 6) is -0.706. The largest absolute Gasteiger partial charge is 0.481 e. The summed E-state index contributed by atoms with van der Waals surface area (Å²) in [6.45, 7) is 1.62. The molecule has 0 aromatic rings. The van der Waals surface area contributed by atoms with Gasteiger partial charge in [0.1, 0.15) is 0 Å². The molecule has 0 aliphatic carbocycles. The Hall–Kier alpha value is -0.380. The number of carboxylic acids is 1. The Morgan fingerprint density at radius 2 is 2.20 bits per heavy atom. The molecule has 0 radical (unpaired) electrons. The molecule has 0 saturated carbocycles. The SMILES string of the molecule is CC(CCS(C)=O)C(=O)O. The average Bonchev–Trinajstić information content (AvgIpc) is 1.82. The normalized spacial score (nSPS) is 16.2. The van der Waals surface area contributed by atoms with E-state index in [1.807, 2.05) is 0 Å². The van der Waals surface area contributed by atoms with Gasteiger partial charge in [-0.15, -0.1) is 0 Å². The van der Waals surface area contributed by atoms with Crippen molar-refractivity contribution in [3.05, 3.63) is 0 Å². The third-order valence-corrected chi connectivity index (χ3v) is 2.07. The number of carboxylic acid groups (broad SMARTS) is 1. The van der Waals surface area contributed by atoms with Crippen molar-refractivity contribution >= 4 is 16.8 Å². The smallest absolute Gasteiger partial charge is 0.306 e. The molecule has 4 heteroatoms. The third-order valence-electron chi connectivity index (χ3n) is 1.26. The number of rotatable bonds is 4. The van der Waals surface area contributed by atoms with E-state index in [1.165, 1.54) is 0 Å². The van der Waals surface area contributed by atoms with E-state index < -0.39 is 16.8 Å². The number of carbonyl (C=O) groups is 1. The van der Waals surface area contributed by atoms with Gasteiger partial charge in [0, 0.05) is 22.8 Å². The van der Waals surface area contributed by atoms with Crippen molar-refractivity contribution in [3.63, 3.8) is 0 Å². The molecule has 0 aromatic heterocycles. The van der Waals surface area contributed by atoms with Crippen molar-refractivity contribution in [1.82, 2.24) is 0 Å². The summed E-state index contributed by atoms with van der Waals surface area (Å²) in [4.78, 5) is 10.2. The van der Waals surface area contributed by atoms with Crippen LogP contribution in [0.1, 0.15) is 13.3 Å². The molecule has 0 saturated heterocycles. The molecule has 0 aliphatic heterocycles. The van der Waals surface area contributed by atoms with Gasteiger partial charge in [-0.05, 0) is 6.42 Å². The van der Waals surface area contributed by atoms with Crippen LogP contribution in [0, 0.1) is 5.92 Å². The van der Waals surface area contributed by atoms with Gasteiger partial charge in [0.05, 0.1) is 5.92 Å². The van der Waals surface area contributed by atoms with Crippen LogP contribution in [0.5, 0.6) is 0 Å². The van der Waals surface area contributed by atoms with Crippen molar-refractivity contribution in [1.29, 1.82) is 0 Å². The molecule has 0 bridgehead atoms. The lowest BCUT2D eigenvalue weighted by Crippen LogP contribution is -2.12. The topological polar surface area (TPSA) is 54.4 Å². The zero-order valence-corrected chi connectivity index (χ0v) is 6.98. The van der Waals surface area contributed by atoms with Crippen molar-refractivity contribution in [2.75, 3.05) is 12.0 Å². The van der Waals surface area contributed by atoms with E-state index >= 15 is 0 Å². The zero-order chi connectivity index (χ0) is 8.15. The molecule has 1 N–H and O–H groups in total. The van der Waals surface area contributed by atoms with Crippen LogP contribution in [0.15, 0.2) is 0 Å². The first-order valence-corrected chi connectivity index (χ1v) is 4.79. The molecule has 0 aliphatic rings. The Labute approximate surface area is 62.9 Å². The van der Waals surface area contributed by atoms with E-state index in [9.17, 15) is 9.00 Å². The third kappa shape index (κ3) is 4.49. The highest BCUT2D eigenvalue weighted by Crippen LogP contribution is 2.01. The van der Waals surface area contributed by atoms with Gasteiger partial charge in [-0.25, -0.2) is 0 Å². The first-order valence-electron chi connectivity index (χ1n) is 3.07. The Kier molecular flexibility index (Phi) is 4.27. The predicted molar refractivity (Wildman–Crippen MR) is 40.4 cm³/mol. The molecule has 2 unspecified atom stereocenters. The van der Waals surface area contributed by atoms with Crippen LogP contribution in [0.4, 0.5) is 0 Å². The fraction of sp³-hybridized carbons (Fsp3) is 0.833. The maximum absolute atomic E-state index is 10.5. The Balaban J connectivity index is 3.49. The summed E-state index contributed by atoms with van der Waals surface area (Å²) >= 11 is 0. The minimum atomic E-state index is -0.866. The summed E-state index contributed by atoms with van der Waals surface area (Å²) in [6, 6.07) is 0. The highest BCUT2D eigenvalue weighted by molar-refractivity contribution is 7.84. The van der Waals surface area contributed by atoms with Gasteiger partial charge in [-0.2, -0.15) is 0 Å². The fourth-order valence-electron chi connectivity index (χ4n) is 0.466. The van der Waals surface area contributed by atoms with Crippen LogP contribution >= 0.6 is 0 Å². The monoisotopic (exact) mass is 164 g/mol. The van der Waals surface area contributed by atoms with Crippen LogP contribution in [0.2, 0.25) is 0 Å². The first kappa shape index (κ1) is 9.62. The number of aliphatic carboxylic acids is 1. The predicted octanol–water partition coefficient (Wildman–Crippen LogP) is 0.476. The highest BCUT2D eigenvalue weighted by Gasteiger charge is 2.10. The van der Waals surface area contributed by atoms with Gasteiger partial charge < -0.3 is 5.11 Å². The van der Waals surface area contributed by atoms with Crippen LogP contribution in [0.25, 0.3) is 0 Å². The maximum atomic E-state index is 10.5. The molecule has 60 valence electrons. The first-order chi connectivity index (χ1) is 4.54. The van der Waals surface area contributed by atoms with Gasteiger partial charge in [-0.1, -0.05) is 6.92 Å². The summed E-state index contributed by atoms with van der Waals surface area (Å²) in [5, 5.41) is 8.40. The van der Waals surface area contributed by atoms with Gasteiger partial charge in [0.2, 0.25) is 0 Å². The Morgan fingerprint density at radius 3 is 2.50 bits per heavy atom. The minimum absolute atomic E-state index is 0.371. The summed E-state index contributed by atoms with van der Waals surface area (Å²) in [5.41, 5.74) is 0. The maximum Gasteiger partial charge on any atom is 0.306 e. The molecular formula is C6H12O3S. The summed E-state index contributed by atoms with van der Waals surface area (Å²) in [7, 11) is -0.866. The summed E-state index contributed by atoms with van der Waals surface area (Å²) < 4.78 is 10.5. The second-order valence-electron chi connectivity index (χ2n) is 2.31. The molecule has 0 spiro atoms. The fourth-order valence-corrected chi connectivity index (χ4v) is 1.15. The van der Waals surface area contributed by atoms with Gasteiger partial charge in [0.25, 0.3) is 0 Å². The van der Waals surface area contributed by atoms with Gasteiger partial charge >= 0.3 is 5.97 Å². The van der Waals surface area contributed by atoms with E-state index in [4.69, 9.17) is 5.11 Å². The van der Waals surface area contributed by atoms with Gasteiger partial charge in [0.15, 0.2) is 0 Å². The van der Waals surface area contributed by atoms with E-state index in [0.717, 1.165) is 0 Å². The Bertz CT molecular complexity index is 144. The van der Waals surface area contributed by atoms with Crippen molar-refractivity contribution < 1.29 is 14.1 Å². The lowest BCUT2D eigenvalue weighted by Gasteiger charge is -2.02. The molecular weight excluding hydrogens is 152 g/mol. The van der Waals surface area contributed by atoms with Gasteiger partial charge in [-0.3, -0.25) is 9.00 Å².